The number of nitrogens with one attached hydrogen (secondary N) is 1. The van der Waals surface area contributed by atoms with Crippen LogP contribution in [0.25, 0.3) is 0 Å². The first-order chi connectivity index (χ1) is 10.4. The van der Waals surface area contributed by atoms with Crippen LogP contribution < -0.4 is 16.1 Å². The van der Waals surface area contributed by atoms with E-state index in [4.69, 9.17) is 0 Å². The maximum Gasteiger partial charge on any atom is 0.333 e. The predicted molar refractivity (Wildman–Crippen MR) is 69.9 cm³/mol. The maximum absolute atomic E-state index is 13.0. The van der Waals surface area contributed by atoms with Gasteiger partial charge in [0, 0.05) is 31.3 Å². The lowest BCUT2D eigenvalue weighted by Crippen LogP contribution is -2.36. The molecular weight excluding hydrogens is 301 g/mol. The van der Waals surface area contributed by atoms with Gasteiger partial charge in [-0.15, -0.1) is 4.73 Å². The molecule has 10 heteroatoms. The second-order valence-electron chi connectivity index (χ2n) is 4.31. The summed E-state index contributed by atoms with van der Waals surface area (Å²) in [4.78, 5) is 41.0. The van der Waals surface area contributed by atoms with Gasteiger partial charge in [-0.1, -0.05) is 0 Å². The zero-order valence-corrected chi connectivity index (χ0v) is 11.2. The van der Waals surface area contributed by atoms with Gasteiger partial charge in [-0.25, -0.2) is 9.59 Å². The number of carbonyl (C=O) groups excluding carboxylic acids is 1. The second-order valence-corrected chi connectivity index (χ2v) is 4.31. The molecule has 0 spiro atoms. The third-order valence-electron chi connectivity index (χ3n) is 2.77. The number of H-pyrrole nitrogens is 1. The number of rotatable bonds is 5. The van der Waals surface area contributed by atoms with Gasteiger partial charge in [0.25, 0.3) is 5.56 Å². The summed E-state index contributed by atoms with van der Waals surface area (Å²) in [7, 11) is 0. The molecular formula is C12H12FN3O6. The first kappa shape index (κ1) is 15.4. The molecule has 9 nitrogen and oxygen atoms in total. The number of hydrogen-bond donors (Lipinski definition) is 3. The van der Waals surface area contributed by atoms with Crippen LogP contribution in [-0.2, 0) is 11.3 Å². The zero-order chi connectivity index (χ0) is 16.3. The van der Waals surface area contributed by atoms with Crippen LogP contribution in [0.4, 0.5) is 4.39 Å². The number of carbonyl (C=O) groups is 1. The number of nitrogens with zero attached hydrogens (tertiary/aromatic N) is 2. The van der Waals surface area contributed by atoms with Crippen molar-refractivity contribution in [3.05, 3.63) is 45.0 Å². The molecule has 0 atom stereocenters. The second kappa shape index (κ2) is 6.16. The Labute approximate surface area is 121 Å². The van der Waals surface area contributed by atoms with Crippen LogP contribution in [0.1, 0.15) is 12.8 Å². The highest BCUT2D eigenvalue weighted by molar-refractivity contribution is 5.69. The van der Waals surface area contributed by atoms with Gasteiger partial charge >= 0.3 is 11.7 Å². The Morgan fingerprint density at radius 3 is 2.55 bits per heavy atom. The summed E-state index contributed by atoms with van der Waals surface area (Å²) in [5.41, 5.74) is -1.88. The highest BCUT2D eigenvalue weighted by atomic mass is 19.1. The number of hydrogen-bond acceptors (Lipinski definition) is 6. The van der Waals surface area contributed by atoms with Crippen LogP contribution in [0, 0.1) is 5.82 Å². The molecule has 2 aromatic rings. The van der Waals surface area contributed by atoms with Gasteiger partial charge in [-0.2, -0.15) is 4.39 Å². The highest BCUT2D eigenvalue weighted by Crippen LogP contribution is 2.18. The fraction of sp³-hybridized carbons (Fsp3) is 0.250. The minimum Gasteiger partial charge on any atom is -0.492 e. The summed E-state index contributed by atoms with van der Waals surface area (Å²) in [6.07, 6.45) is 0.459. The van der Waals surface area contributed by atoms with Crippen LogP contribution >= 0.6 is 0 Å². The molecule has 0 bridgehead atoms. The van der Waals surface area contributed by atoms with Gasteiger partial charge in [0.15, 0.2) is 0 Å². The molecule has 118 valence electrons. The van der Waals surface area contributed by atoms with Crippen molar-refractivity contribution in [2.24, 2.45) is 0 Å². The van der Waals surface area contributed by atoms with Crippen molar-refractivity contribution in [2.75, 3.05) is 0 Å². The van der Waals surface area contributed by atoms with Crippen molar-refractivity contribution in [1.82, 2.24) is 14.3 Å². The summed E-state index contributed by atoms with van der Waals surface area (Å²) in [5, 5.41) is 18.6. The Morgan fingerprint density at radius 1 is 1.27 bits per heavy atom. The standard InChI is InChI=1S/C12H12FN3O6/c13-7-6-14-12(21)15(11(7)20)5-1-2-10(19)22-16-8(17)3-4-9(16)18/h3-4,6,17-18H,1-2,5H2,(H,14,21). The number of halogens is 1. The Hall–Kier alpha value is -3.04. The minimum atomic E-state index is -1.11. The molecule has 2 aromatic heterocycles. The molecule has 0 aliphatic carbocycles. The molecule has 0 saturated carbocycles. The number of aromatic hydroxyl groups is 2. The lowest BCUT2D eigenvalue weighted by atomic mass is 10.3. The molecule has 0 radical (unpaired) electrons. The third kappa shape index (κ3) is 3.16. The fourth-order valence-corrected chi connectivity index (χ4v) is 1.71. The first-order valence-electron chi connectivity index (χ1n) is 6.19. The molecule has 0 amide bonds. The SMILES string of the molecule is O=C(CCCn1c(=O)[nH]cc(F)c1=O)On1c(O)ccc1O. The molecule has 2 rings (SSSR count). The molecule has 0 aromatic carbocycles. The third-order valence-corrected chi connectivity index (χ3v) is 2.77. The van der Waals surface area contributed by atoms with E-state index in [1.807, 2.05) is 4.98 Å². The van der Waals surface area contributed by atoms with Gasteiger partial charge in [-0.05, 0) is 6.42 Å². The van der Waals surface area contributed by atoms with E-state index in [1.54, 1.807) is 0 Å². The van der Waals surface area contributed by atoms with Crippen molar-refractivity contribution >= 4 is 5.97 Å². The van der Waals surface area contributed by atoms with Gasteiger partial charge in [0.2, 0.25) is 17.6 Å². The van der Waals surface area contributed by atoms with Crippen molar-refractivity contribution in [3.8, 4) is 11.8 Å². The average molecular weight is 313 g/mol. The molecule has 22 heavy (non-hydrogen) atoms. The smallest absolute Gasteiger partial charge is 0.333 e. The van der Waals surface area contributed by atoms with E-state index in [2.05, 4.69) is 4.84 Å². The summed E-state index contributed by atoms with van der Waals surface area (Å²) >= 11 is 0. The molecule has 0 unspecified atom stereocenters. The van der Waals surface area contributed by atoms with Crippen LogP contribution in [0.2, 0.25) is 0 Å². The van der Waals surface area contributed by atoms with E-state index in [-0.39, 0.29) is 19.4 Å². The monoisotopic (exact) mass is 313 g/mol. The van der Waals surface area contributed by atoms with Crippen molar-refractivity contribution in [3.63, 3.8) is 0 Å². The molecule has 0 aliphatic heterocycles. The largest absolute Gasteiger partial charge is 0.492 e. The van der Waals surface area contributed by atoms with Crippen molar-refractivity contribution < 1.29 is 24.2 Å². The van der Waals surface area contributed by atoms with E-state index in [1.165, 1.54) is 0 Å². The van der Waals surface area contributed by atoms with Crippen LogP contribution in [0.15, 0.2) is 27.9 Å². The van der Waals surface area contributed by atoms with Gasteiger partial charge in [0.05, 0.1) is 0 Å². The lowest BCUT2D eigenvalue weighted by molar-refractivity contribution is -0.145. The quantitative estimate of drug-likeness (QED) is 0.671. The van der Waals surface area contributed by atoms with Gasteiger partial charge in [0.1, 0.15) is 0 Å². The lowest BCUT2D eigenvalue weighted by Gasteiger charge is -2.07. The normalized spacial score (nSPS) is 10.6. The molecule has 2 heterocycles. The number of aromatic nitrogens is 3. The summed E-state index contributed by atoms with van der Waals surface area (Å²) in [6.45, 7) is -0.190. The van der Waals surface area contributed by atoms with Gasteiger partial charge < -0.3 is 20.0 Å². The summed E-state index contributed by atoms with van der Waals surface area (Å²) in [5.74, 6) is -2.86. The predicted octanol–water partition coefficient (Wildman–Crippen LogP) is -0.676. The Kier molecular flexibility index (Phi) is 4.30. The Bertz CT molecular complexity index is 786. The van der Waals surface area contributed by atoms with E-state index in [0.29, 0.717) is 15.5 Å². The van der Waals surface area contributed by atoms with Crippen molar-refractivity contribution in [2.45, 2.75) is 19.4 Å². The van der Waals surface area contributed by atoms with Crippen LogP contribution in [-0.4, -0.2) is 30.5 Å². The van der Waals surface area contributed by atoms with Crippen LogP contribution in [0.5, 0.6) is 11.8 Å². The van der Waals surface area contributed by atoms with E-state index >= 15 is 0 Å². The topological polar surface area (TPSA) is 127 Å². The summed E-state index contributed by atoms with van der Waals surface area (Å²) in [6, 6.07) is 2.24. The highest BCUT2D eigenvalue weighted by Gasteiger charge is 2.13. The molecule has 3 N–H and O–H groups in total. The average Bonchev–Trinajstić information content (AvgIpc) is 2.78. The fourth-order valence-electron chi connectivity index (χ4n) is 1.71. The molecule has 0 aliphatic rings. The van der Waals surface area contributed by atoms with E-state index in [0.717, 1.165) is 12.1 Å². The molecule has 0 saturated heterocycles. The maximum atomic E-state index is 13.0. The number of aromatic amines is 1. The Morgan fingerprint density at radius 2 is 1.91 bits per heavy atom. The van der Waals surface area contributed by atoms with Crippen molar-refractivity contribution in [1.29, 1.82) is 0 Å². The zero-order valence-electron chi connectivity index (χ0n) is 11.2. The molecule has 0 fully saturated rings. The van der Waals surface area contributed by atoms with E-state index < -0.39 is 34.8 Å². The van der Waals surface area contributed by atoms with Crippen LogP contribution in [0.3, 0.4) is 0 Å². The summed E-state index contributed by atoms with van der Waals surface area (Å²) < 4.78 is 14.2. The minimum absolute atomic E-state index is 0.0219. The van der Waals surface area contributed by atoms with E-state index in [9.17, 15) is 29.0 Å². The van der Waals surface area contributed by atoms with Gasteiger partial charge in [-0.3, -0.25) is 9.36 Å². The first-order valence-corrected chi connectivity index (χ1v) is 6.19. The Balaban J connectivity index is 1.95.